The van der Waals surface area contributed by atoms with Crippen molar-refractivity contribution in [3.63, 3.8) is 0 Å². The molecular formula is C8H10N2O2S. The van der Waals surface area contributed by atoms with Gasteiger partial charge >= 0.3 is 5.97 Å². The molecule has 2 rings (SSSR count). The molecule has 0 spiro atoms. The first-order valence-electron chi connectivity index (χ1n) is 4.12. The molecule has 2 N–H and O–H groups in total. The van der Waals surface area contributed by atoms with E-state index in [0.717, 1.165) is 23.5 Å². The van der Waals surface area contributed by atoms with Crippen molar-refractivity contribution in [1.82, 2.24) is 10.3 Å². The maximum atomic E-state index is 10.6. The van der Waals surface area contributed by atoms with Crippen molar-refractivity contribution in [1.29, 1.82) is 0 Å². The second-order valence-electron chi connectivity index (χ2n) is 3.18. The highest BCUT2D eigenvalue weighted by Crippen LogP contribution is 2.23. The number of aromatic nitrogens is 1. The maximum Gasteiger partial charge on any atom is 0.365 e. The molecule has 1 atom stereocenters. The Morgan fingerprint density at radius 1 is 1.77 bits per heavy atom. The van der Waals surface area contributed by atoms with Gasteiger partial charge in [-0.3, -0.25) is 0 Å². The van der Waals surface area contributed by atoms with Crippen LogP contribution in [0.3, 0.4) is 0 Å². The molecule has 0 bridgehead atoms. The van der Waals surface area contributed by atoms with Gasteiger partial charge < -0.3 is 10.4 Å². The van der Waals surface area contributed by atoms with E-state index in [2.05, 4.69) is 17.2 Å². The number of nitrogens with one attached hydrogen (secondary N) is 1. The van der Waals surface area contributed by atoms with Crippen LogP contribution >= 0.6 is 11.3 Å². The molecule has 0 aromatic carbocycles. The summed E-state index contributed by atoms with van der Waals surface area (Å²) in [4.78, 5) is 15.8. The van der Waals surface area contributed by atoms with E-state index in [-0.39, 0.29) is 5.01 Å². The van der Waals surface area contributed by atoms with Crippen molar-refractivity contribution in [2.24, 2.45) is 0 Å². The zero-order valence-corrected chi connectivity index (χ0v) is 8.02. The fourth-order valence-corrected chi connectivity index (χ4v) is 2.28. The Morgan fingerprint density at radius 3 is 3.23 bits per heavy atom. The SMILES string of the molecule is CC1Cc2nc(C(=O)O)sc2CN1. The highest BCUT2D eigenvalue weighted by Gasteiger charge is 2.21. The molecule has 1 unspecified atom stereocenters. The number of nitrogens with zero attached hydrogens (tertiary/aromatic N) is 1. The Labute approximate surface area is 79.6 Å². The third-order valence-electron chi connectivity index (χ3n) is 2.07. The van der Waals surface area contributed by atoms with E-state index in [1.54, 1.807) is 0 Å². The zero-order valence-electron chi connectivity index (χ0n) is 7.20. The van der Waals surface area contributed by atoms with E-state index in [9.17, 15) is 4.79 Å². The van der Waals surface area contributed by atoms with Crippen LogP contribution in [0.2, 0.25) is 0 Å². The van der Waals surface area contributed by atoms with Gasteiger partial charge in [0.2, 0.25) is 5.01 Å². The van der Waals surface area contributed by atoms with Gasteiger partial charge in [0.05, 0.1) is 5.69 Å². The van der Waals surface area contributed by atoms with Crippen LogP contribution in [0.4, 0.5) is 0 Å². The maximum absolute atomic E-state index is 10.6. The lowest BCUT2D eigenvalue weighted by Gasteiger charge is -2.18. The second kappa shape index (κ2) is 3.08. The molecule has 4 nitrogen and oxygen atoms in total. The summed E-state index contributed by atoms with van der Waals surface area (Å²) in [6, 6.07) is 0.399. The number of thiazole rings is 1. The molecule has 0 amide bonds. The third kappa shape index (κ3) is 1.57. The Hall–Kier alpha value is -0.940. The van der Waals surface area contributed by atoms with Gasteiger partial charge in [0.1, 0.15) is 0 Å². The first-order valence-corrected chi connectivity index (χ1v) is 4.93. The van der Waals surface area contributed by atoms with Crippen LogP contribution in [0.25, 0.3) is 0 Å². The molecule has 1 aliphatic heterocycles. The smallest absolute Gasteiger partial charge is 0.365 e. The molecule has 0 aliphatic carbocycles. The summed E-state index contributed by atoms with van der Waals surface area (Å²) >= 11 is 1.27. The fourth-order valence-electron chi connectivity index (χ4n) is 1.40. The first-order chi connectivity index (χ1) is 6.16. The summed E-state index contributed by atoms with van der Waals surface area (Å²) in [5, 5.41) is 12.2. The van der Waals surface area contributed by atoms with Gasteiger partial charge in [-0.25, -0.2) is 9.78 Å². The van der Waals surface area contributed by atoms with Crippen LogP contribution in [-0.2, 0) is 13.0 Å². The molecule has 1 aromatic rings. The van der Waals surface area contributed by atoms with Crippen molar-refractivity contribution in [3.8, 4) is 0 Å². The number of carbonyl (C=O) groups is 1. The van der Waals surface area contributed by atoms with E-state index < -0.39 is 5.97 Å². The lowest BCUT2D eigenvalue weighted by atomic mass is 10.1. The minimum atomic E-state index is -0.924. The van der Waals surface area contributed by atoms with Crippen molar-refractivity contribution < 1.29 is 9.90 Å². The molecule has 2 heterocycles. The average molecular weight is 198 g/mol. The molecule has 0 saturated carbocycles. The Morgan fingerprint density at radius 2 is 2.54 bits per heavy atom. The predicted molar refractivity (Wildman–Crippen MR) is 49.1 cm³/mol. The van der Waals surface area contributed by atoms with E-state index in [0.29, 0.717) is 6.04 Å². The van der Waals surface area contributed by atoms with E-state index in [1.807, 2.05) is 0 Å². The molecule has 0 fully saturated rings. The number of carboxylic acids is 1. The topological polar surface area (TPSA) is 62.2 Å². The Kier molecular flexibility index (Phi) is 2.05. The fraction of sp³-hybridized carbons (Fsp3) is 0.500. The summed E-state index contributed by atoms with van der Waals surface area (Å²) in [5.41, 5.74) is 0.952. The van der Waals surface area contributed by atoms with Crippen LogP contribution in [-0.4, -0.2) is 22.1 Å². The van der Waals surface area contributed by atoms with Crippen LogP contribution in [0.1, 0.15) is 27.3 Å². The first kappa shape index (κ1) is 8.65. The summed E-state index contributed by atoms with van der Waals surface area (Å²) in [5.74, 6) is -0.924. The van der Waals surface area contributed by atoms with Gasteiger partial charge in [0.25, 0.3) is 0 Å². The van der Waals surface area contributed by atoms with E-state index in [1.165, 1.54) is 11.3 Å². The van der Waals surface area contributed by atoms with E-state index >= 15 is 0 Å². The summed E-state index contributed by atoms with van der Waals surface area (Å²) in [7, 11) is 0. The number of rotatable bonds is 1. The highest BCUT2D eigenvalue weighted by atomic mass is 32.1. The van der Waals surface area contributed by atoms with Gasteiger partial charge in [-0.15, -0.1) is 11.3 Å². The molecule has 0 radical (unpaired) electrons. The molecule has 1 aliphatic rings. The van der Waals surface area contributed by atoms with Gasteiger partial charge in [-0.1, -0.05) is 0 Å². The zero-order chi connectivity index (χ0) is 9.42. The van der Waals surface area contributed by atoms with Gasteiger partial charge in [0, 0.05) is 23.9 Å². The quantitative estimate of drug-likeness (QED) is 0.703. The summed E-state index contributed by atoms with van der Waals surface area (Å²) < 4.78 is 0. The number of fused-ring (bicyclic) bond motifs is 1. The lowest BCUT2D eigenvalue weighted by molar-refractivity contribution is 0.0696. The number of aromatic carboxylic acids is 1. The van der Waals surface area contributed by atoms with Gasteiger partial charge in [-0.2, -0.15) is 0 Å². The van der Waals surface area contributed by atoms with Gasteiger partial charge in [-0.05, 0) is 6.92 Å². The van der Waals surface area contributed by atoms with Crippen LogP contribution in [0.15, 0.2) is 0 Å². The Bertz CT molecular complexity index is 348. The van der Waals surface area contributed by atoms with E-state index in [4.69, 9.17) is 5.11 Å². The largest absolute Gasteiger partial charge is 0.476 e. The minimum Gasteiger partial charge on any atom is -0.476 e. The predicted octanol–water partition coefficient (Wildman–Crippen LogP) is 0.875. The van der Waals surface area contributed by atoms with Crippen LogP contribution in [0.5, 0.6) is 0 Å². The minimum absolute atomic E-state index is 0.209. The third-order valence-corrected chi connectivity index (χ3v) is 3.16. The molecule has 70 valence electrons. The monoisotopic (exact) mass is 198 g/mol. The van der Waals surface area contributed by atoms with Crippen molar-refractivity contribution >= 4 is 17.3 Å². The van der Waals surface area contributed by atoms with Crippen molar-refractivity contribution in [2.75, 3.05) is 0 Å². The van der Waals surface area contributed by atoms with Crippen LogP contribution in [0, 0.1) is 0 Å². The molecule has 1 aromatic heterocycles. The second-order valence-corrected chi connectivity index (χ2v) is 4.26. The summed E-state index contributed by atoms with van der Waals surface area (Å²) in [6.07, 6.45) is 0.832. The number of hydrogen-bond donors (Lipinski definition) is 2. The number of hydrogen-bond acceptors (Lipinski definition) is 4. The standard InChI is InChI=1S/C8H10N2O2S/c1-4-2-5-6(3-9-4)13-7(10-5)8(11)12/h4,9H,2-3H2,1H3,(H,11,12). The molecule has 13 heavy (non-hydrogen) atoms. The van der Waals surface area contributed by atoms with Crippen LogP contribution < -0.4 is 5.32 Å². The molecule has 5 heteroatoms. The summed E-state index contributed by atoms with van der Waals surface area (Å²) in [6.45, 7) is 2.82. The lowest BCUT2D eigenvalue weighted by Crippen LogP contribution is -2.32. The Balaban J connectivity index is 2.33. The number of carboxylic acid groups (broad SMARTS) is 1. The van der Waals surface area contributed by atoms with Crippen molar-refractivity contribution in [3.05, 3.63) is 15.6 Å². The average Bonchev–Trinajstić information content (AvgIpc) is 2.46. The normalized spacial score (nSPS) is 21.2. The van der Waals surface area contributed by atoms with Crippen molar-refractivity contribution in [2.45, 2.75) is 25.9 Å². The highest BCUT2D eigenvalue weighted by molar-refractivity contribution is 7.13. The van der Waals surface area contributed by atoms with Gasteiger partial charge in [0.15, 0.2) is 0 Å². The molecular weight excluding hydrogens is 188 g/mol. The molecule has 0 saturated heterocycles.